The molecule has 158 valence electrons. The molecule has 2 fully saturated rings. The molecule has 1 amide bonds. The summed E-state index contributed by atoms with van der Waals surface area (Å²) in [6.07, 6.45) is 1.43. The van der Waals surface area contributed by atoms with Gasteiger partial charge in [-0.2, -0.15) is 0 Å². The van der Waals surface area contributed by atoms with Crippen LogP contribution in [0.5, 0.6) is 0 Å². The molecule has 3 aliphatic heterocycles. The van der Waals surface area contributed by atoms with Crippen LogP contribution in [0.3, 0.4) is 0 Å². The lowest BCUT2D eigenvalue weighted by atomic mass is 9.89. The summed E-state index contributed by atoms with van der Waals surface area (Å²) in [5, 5.41) is 7.05. The molecule has 3 aliphatic rings. The Morgan fingerprint density at radius 3 is 2.53 bits per heavy atom. The largest absolute Gasteiger partial charge is 0.378 e. The van der Waals surface area contributed by atoms with Gasteiger partial charge in [-0.3, -0.25) is 4.79 Å². The van der Waals surface area contributed by atoms with Crippen molar-refractivity contribution >= 4 is 17.3 Å². The minimum absolute atomic E-state index is 0.0674. The minimum atomic E-state index is -0.327. The van der Waals surface area contributed by atoms with Crippen molar-refractivity contribution in [1.82, 2.24) is 5.32 Å². The molecule has 0 radical (unpaired) electrons. The molecular weight excluding hydrogens is 378 g/mol. The predicted molar refractivity (Wildman–Crippen MR) is 116 cm³/mol. The van der Waals surface area contributed by atoms with Crippen molar-refractivity contribution in [3.63, 3.8) is 0 Å². The molecule has 2 aromatic rings. The highest BCUT2D eigenvalue weighted by atomic mass is 16.9. The van der Waals surface area contributed by atoms with E-state index in [1.54, 1.807) is 6.92 Å². The van der Waals surface area contributed by atoms with Crippen LogP contribution in [0.1, 0.15) is 56.2 Å². The third kappa shape index (κ3) is 3.83. The zero-order valence-corrected chi connectivity index (χ0v) is 17.7. The smallest absolute Gasteiger partial charge is 0.224 e. The molecule has 30 heavy (non-hydrogen) atoms. The van der Waals surface area contributed by atoms with Gasteiger partial charge < -0.3 is 25.0 Å². The topological polar surface area (TPSA) is 72.7 Å². The molecule has 6 nitrogen and oxygen atoms in total. The molecule has 0 saturated carbocycles. The van der Waals surface area contributed by atoms with Gasteiger partial charge in [-0.25, -0.2) is 0 Å². The monoisotopic (exact) mass is 407 g/mol. The fourth-order valence-electron chi connectivity index (χ4n) is 4.61. The number of rotatable bonds is 5. The second kappa shape index (κ2) is 7.69. The van der Waals surface area contributed by atoms with E-state index in [1.807, 2.05) is 24.0 Å². The van der Waals surface area contributed by atoms with Crippen molar-refractivity contribution in [2.45, 2.75) is 64.3 Å². The highest BCUT2D eigenvalue weighted by Gasteiger charge is 2.35. The fourth-order valence-corrected chi connectivity index (χ4v) is 4.61. The van der Waals surface area contributed by atoms with Crippen molar-refractivity contribution in [3.8, 4) is 0 Å². The van der Waals surface area contributed by atoms with E-state index < -0.39 is 0 Å². The second-order valence-electron chi connectivity index (χ2n) is 8.67. The van der Waals surface area contributed by atoms with Crippen molar-refractivity contribution in [2.75, 3.05) is 16.8 Å². The van der Waals surface area contributed by atoms with E-state index in [0.29, 0.717) is 6.04 Å². The Morgan fingerprint density at radius 1 is 1.17 bits per heavy atom. The number of hydrogen-bond donors (Lipinski definition) is 2. The molecule has 3 unspecified atom stereocenters. The summed E-state index contributed by atoms with van der Waals surface area (Å²) in [6, 6.07) is 15.7. The number of hydrogen-bond acceptors (Lipinski definition) is 5. The van der Waals surface area contributed by atoms with Crippen LogP contribution in [0.4, 0.5) is 11.4 Å². The number of nitrogens with one attached hydrogen (secondary N) is 2. The average molecular weight is 408 g/mol. The quantitative estimate of drug-likeness (QED) is 0.736. The number of ether oxygens (including phenoxy) is 2. The Morgan fingerprint density at radius 2 is 1.90 bits per heavy atom. The highest BCUT2D eigenvalue weighted by molar-refractivity contribution is 5.93. The fraction of sp³-hybridized carbons (Fsp3) is 0.458. The van der Waals surface area contributed by atoms with Crippen LogP contribution in [-0.2, 0) is 20.7 Å². The highest BCUT2D eigenvalue weighted by Crippen LogP contribution is 2.42. The van der Waals surface area contributed by atoms with Crippen molar-refractivity contribution < 1.29 is 14.3 Å². The Labute approximate surface area is 177 Å². The predicted octanol–water partition coefficient (Wildman–Crippen LogP) is 3.89. The number of carbonyl (C=O) groups is 1. The van der Waals surface area contributed by atoms with Crippen molar-refractivity contribution in [3.05, 3.63) is 59.2 Å². The van der Waals surface area contributed by atoms with Gasteiger partial charge in [0.25, 0.3) is 0 Å². The zero-order valence-electron chi connectivity index (χ0n) is 17.7. The maximum absolute atomic E-state index is 12.3. The first-order valence-electron chi connectivity index (χ1n) is 10.8. The Bertz CT molecular complexity index is 935. The van der Waals surface area contributed by atoms with Crippen LogP contribution in [0.15, 0.2) is 42.5 Å². The molecule has 0 aliphatic carbocycles. The summed E-state index contributed by atoms with van der Waals surface area (Å²) in [6.45, 7) is 6.76. The third-order valence-corrected chi connectivity index (χ3v) is 6.22. The first-order chi connectivity index (χ1) is 14.5. The Hall–Kier alpha value is -2.41. The number of amides is 1. The molecule has 3 atom stereocenters. The van der Waals surface area contributed by atoms with Gasteiger partial charge in [-0.05, 0) is 62.1 Å². The molecular formula is C24H29N3O3. The van der Waals surface area contributed by atoms with E-state index in [2.05, 4.69) is 47.9 Å². The number of nitrogens with zero attached hydrogens (tertiary/aromatic N) is 1. The van der Waals surface area contributed by atoms with E-state index in [9.17, 15) is 4.79 Å². The molecule has 0 bridgehead atoms. The van der Waals surface area contributed by atoms with Gasteiger partial charge in [0.05, 0.1) is 6.04 Å². The average Bonchev–Trinajstić information content (AvgIpc) is 3.50. The summed E-state index contributed by atoms with van der Waals surface area (Å²) in [5.74, 6) is 0.0674. The number of benzene rings is 2. The Kier molecular flexibility index (Phi) is 5.01. The lowest BCUT2D eigenvalue weighted by Gasteiger charge is -2.41. The van der Waals surface area contributed by atoms with Gasteiger partial charge >= 0.3 is 0 Å². The molecule has 0 spiro atoms. The molecule has 2 saturated heterocycles. The third-order valence-electron chi connectivity index (χ3n) is 6.22. The van der Waals surface area contributed by atoms with Gasteiger partial charge in [-0.1, -0.05) is 18.2 Å². The first kappa shape index (κ1) is 19.5. The normalized spacial score (nSPS) is 29.7. The van der Waals surface area contributed by atoms with E-state index >= 15 is 0 Å². The number of fused-ring (bicyclic) bond motifs is 1. The van der Waals surface area contributed by atoms with E-state index in [1.165, 1.54) is 5.56 Å². The van der Waals surface area contributed by atoms with Gasteiger partial charge in [-0.15, -0.1) is 0 Å². The minimum Gasteiger partial charge on any atom is -0.378 e. The van der Waals surface area contributed by atoms with Crippen molar-refractivity contribution in [2.24, 2.45) is 0 Å². The number of carbonyl (C=O) groups excluding carboxylic acids is 1. The summed E-state index contributed by atoms with van der Waals surface area (Å²) in [4.78, 5) is 14.2. The van der Waals surface area contributed by atoms with Crippen LogP contribution >= 0.6 is 0 Å². The molecule has 2 N–H and O–H groups in total. The summed E-state index contributed by atoms with van der Waals surface area (Å²) in [7, 11) is 0. The second-order valence-corrected chi connectivity index (χ2v) is 8.67. The molecule has 3 heterocycles. The molecule has 2 aromatic carbocycles. The van der Waals surface area contributed by atoms with E-state index in [4.69, 9.17) is 9.47 Å². The number of anilines is 2. The zero-order chi connectivity index (χ0) is 20.8. The van der Waals surface area contributed by atoms with Crippen LogP contribution in [0, 0.1) is 0 Å². The summed E-state index contributed by atoms with van der Waals surface area (Å²) < 4.78 is 11.4. The van der Waals surface area contributed by atoms with Crippen molar-refractivity contribution in [1.29, 1.82) is 0 Å². The van der Waals surface area contributed by atoms with Crippen LogP contribution < -0.4 is 15.5 Å². The van der Waals surface area contributed by atoms with Crippen LogP contribution in [0.2, 0.25) is 0 Å². The molecule has 5 rings (SSSR count). The van der Waals surface area contributed by atoms with E-state index in [0.717, 1.165) is 41.9 Å². The van der Waals surface area contributed by atoms with Crippen LogP contribution in [0.25, 0.3) is 0 Å². The standard InChI is InChI=1S/C24H29N3O3/c1-14-10-22(26-19-7-4-17(5-8-19)11-20-13-25-20)21-12-18(24-29-16(3)30-24)6-9-23(21)27(14)15(2)28/h4-9,12,14,16,20,22,24-26H,10-11,13H2,1-3H3. The maximum atomic E-state index is 12.3. The van der Waals surface area contributed by atoms with E-state index in [-0.39, 0.29) is 30.6 Å². The van der Waals surface area contributed by atoms with Gasteiger partial charge in [0.2, 0.25) is 5.91 Å². The lowest BCUT2D eigenvalue weighted by Crippen LogP contribution is -2.43. The molecule has 0 aromatic heterocycles. The van der Waals surface area contributed by atoms with Gasteiger partial charge in [0.1, 0.15) is 0 Å². The van der Waals surface area contributed by atoms with Gasteiger partial charge in [0.15, 0.2) is 12.6 Å². The maximum Gasteiger partial charge on any atom is 0.224 e. The lowest BCUT2D eigenvalue weighted by molar-refractivity contribution is -0.382. The summed E-state index contributed by atoms with van der Waals surface area (Å²) in [5.41, 5.74) is 5.51. The Balaban J connectivity index is 1.42. The van der Waals surface area contributed by atoms with Gasteiger partial charge in [0, 0.05) is 42.5 Å². The first-order valence-corrected chi connectivity index (χ1v) is 10.8. The summed E-state index contributed by atoms with van der Waals surface area (Å²) >= 11 is 0. The molecule has 6 heteroatoms. The van der Waals surface area contributed by atoms with Crippen LogP contribution in [-0.4, -0.2) is 30.8 Å². The SMILES string of the molecule is CC(=O)N1c2ccc(C3OC(C)O3)cc2C(Nc2ccc(CC3CN3)cc2)CC1C.